The molecule has 0 radical (unpaired) electrons. The number of hydroxylamine groups is 1. The van der Waals surface area contributed by atoms with Gasteiger partial charge in [0.2, 0.25) is 5.91 Å². The molecule has 1 aromatic rings. The Balaban J connectivity index is 2.86. The van der Waals surface area contributed by atoms with Crippen LogP contribution in [0.25, 0.3) is 0 Å². The Hall–Kier alpha value is -1.88. The molecule has 23 heavy (non-hydrogen) atoms. The quantitative estimate of drug-likeness (QED) is 0.377. The molecule has 0 aliphatic carbocycles. The number of carbonyl (C=O) groups excluding carboxylic acids is 2. The van der Waals surface area contributed by atoms with Gasteiger partial charge in [-0.3, -0.25) is 14.8 Å². The van der Waals surface area contributed by atoms with Crippen molar-refractivity contribution < 1.29 is 19.9 Å². The van der Waals surface area contributed by atoms with Gasteiger partial charge in [-0.1, -0.05) is 15.9 Å². The molecule has 0 aliphatic heterocycles. The maximum atomic E-state index is 12.4. The molecule has 0 aromatic heterocycles. The lowest BCUT2D eigenvalue weighted by Crippen LogP contribution is -2.42. The van der Waals surface area contributed by atoms with E-state index in [1.165, 1.54) is 4.90 Å². The number of amides is 2. The second kappa shape index (κ2) is 9.30. The van der Waals surface area contributed by atoms with Crippen molar-refractivity contribution in [3.63, 3.8) is 0 Å². The predicted octanol–water partition coefficient (Wildman–Crippen LogP) is 1.42. The SMILES string of the molecule is C#CC[C@@H](C[C@@H](CO)N(C)C(=O)c1ccc(Br)cc1)C(=O)NO. The van der Waals surface area contributed by atoms with E-state index < -0.39 is 17.9 Å². The van der Waals surface area contributed by atoms with E-state index in [-0.39, 0.29) is 25.4 Å². The second-order valence-corrected chi connectivity index (χ2v) is 5.99. The maximum absolute atomic E-state index is 12.4. The van der Waals surface area contributed by atoms with Crippen LogP contribution < -0.4 is 5.48 Å². The maximum Gasteiger partial charge on any atom is 0.253 e. The molecule has 1 aromatic carbocycles. The van der Waals surface area contributed by atoms with E-state index in [9.17, 15) is 14.7 Å². The molecule has 1 rings (SSSR count). The van der Waals surface area contributed by atoms with Gasteiger partial charge in [-0.25, -0.2) is 5.48 Å². The highest BCUT2D eigenvalue weighted by Crippen LogP contribution is 2.18. The van der Waals surface area contributed by atoms with Gasteiger partial charge in [-0.05, 0) is 30.7 Å². The smallest absolute Gasteiger partial charge is 0.253 e. The summed E-state index contributed by atoms with van der Waals surface area (Å²) in [6, 6.07) is 6.22. The highest BCUT2D eigenvalue weighted by molar-refractivity contribution is 9.10. The largest absolute Gasteiger partial charge is 0.394 e. The Morgan fingerprint density at radius 1 is 1.39 bits per heavy atom. The molecule has 0 heterocycles. The Labute approximate surface area is 143 Å². The lowest BCUT2D eigenvalue weighted by molar-refractivity contribution is -0.134. The van der Waals surface area contributed by atoms with Crippen LogP contribution in [0.4, 0.5) is 0 Å². The number of likely N-dealkylation sites (N-methyl/N-ethyl adjacent to an activating group) is 1. The third-order valence-corrected chi connectivity index (χ3v) is 4.10. The van der Waals surface area contributed by atoms with Crippen molar-refractivity contribution in [1.29, 1.82) is 0 Å². The number of terminal acetylenes is 1. The molecule has 0 bridgehead atoms. The minimum absolute atomic E-state index is 0.100. The molecule has 0 unspecified atom stereocenters. The fourth-order valence-electron chi connectivity index (χ4n) is 2.16. The molecule has 0 fully saturated rings. The zero-order chi connectivity index (χ0) is 17.4. The summed E-state index contributed by atoms with van der Waals surface area (Å²) in [6.45, 7) is -0.321. The first kappa shape index (κ1) is 19.2. The average molecular weight is 383 g/mol. The normalized spacial score (nSPS) is 12.8. The van der Waals surface area contributed by atoms with Gasteiger partial charge in [0.05, 0.1) is 18.6 Å². The van der Waals surface area contributed by atoms with Gasteiger partial charge < -0.3 is 10.0 Å². The van der Waals surface area contributed by atoms with Gasteiger partial charge in [-0.2, -0.15) is 0 Å². The van der Waals surface area contributed by atoms with Gasteiger partial charge in [0, 0.05) is 23.5 Å². The topological polar surface area (TPSA) is 89.9 Å². The van der Waals surface area contributed by atoms with Crippen molar-refractivity contribution in [3.05, 3.63) is 34.3 Å². The van der Waals surface area contributed by atoms with Crippen molar-refractivity contribution in [3.8, 4) is 12.3 Å². The summed E-state index contributed by atoms with van der Waals surface area (Å²) in [5.74, 6) is 0.753. The molecule has 0 aliphatic rings. The third-order valence-electron chi connectivity index (χ3n) is 3.57. The molecular formula is C16H19BrN2O4. The number of aliphatic hydroxyl groups excluding tert-OH is 1. The molecule has 7 heteroatoms. The highest BCUT2D eigenvalue weighted by Gasteiger charge is 2.27. The van der Waals surface area contributed by atoms with Gasteiger partial charge in [0.15, 0.2) is 0 Å². The second-order valence-electron chi connectivity index (χ2n) is 5.08. The zero-order valence-electron chi connectivity index (χ0n) is 12.7. The summed E-state index contributed by atoms with van der Waals surface area (Å²) in [7, 11) is 1.55. The minimum atomic E-state index is -0.692. The van der Waals surface area contributed by atoms with Crippen molar-refractivity contribution in [2.45, 2.75) is 18.9 Å². The molecule has 2 amide bonds. The van der Waals surface area contributed by atoms with E-state index in [4.69, 9.17) is 11.6 Å². The Morgan fingerprint density at radius 2 is 2.00 bits per heavy atom. The van der Waals surface area contributed by atoms with Crippen molar-refractivity contribution in [1.82, 2.24) is 10.4 Å². The van der Waals surface area contributed by atoms with Crippen LogP contribution in [0, 0.1) is 18.3 Å². The number of rotatable bonds is 7. The number of aliphatic hydroxyl groups is 1. The fraction of sp³-hybridized carbons (Fsp3) is 0.375. The van der Waals surface area contributed by atoms with E-state index in [1.807, 2.05) is 0 Å². The van der Waals surface area contributed by atoms with E-state index in [0.29, 0.717) is 5.56 Å². The van der Waals surface area contributed by atoms with Crippen molar-refractivity contribution in [2.75, 3.05) is 13.7 Å². The molecule has 6 nitrogen and oxygen atoms in total. The Kier molecular flexibility index (Phi) is 7.75. The minimum Gasteiger partial charge on any atom is -0.394 e. The Bertz CT molecular complexity index is 583. The van der Waals surface area contributed by atoms with Crippen LogP contribution in [0.15, 0.2) is 28.7 Å². The summed E-state index contributed by atoms with van der Waals surface area (Å²) in [5, 5.41) is 18.3. The number of hydrogen-bond donors (Lipinski definition) is 3. The molecule has 0 spiro atoms. The van der Waals surface area contributed by atoms with Crippen LogP contribution in [-0.4, -0.2) is 46.7 Å². The van der Waals surface area contributed by atoms with Crippen LogP contribution in [-0.2, 0) is 4.79 Å². The molecule has 2 atom stereocenters. The highest BCUT2D eigenvalue weighted by atomic mass is 79.9. The summed E-state index contributed by atoms with van der Waals surface area (Å²) < 4.78 is 0.851. The first-order valence-electron chi connectivity index (χ1n) is 6.95. The van der Waals surface area contributed by atoms with Crippen molar-refractivity contribution >= 4 is 27.7 Å². The van der Waals surface area contributed by atoms with E-state index in [0.717, 1.165) is 4.47 Å². The number of hydrogen-bond acceptors (Lipinski definition) is 4. The van der Waals surface area contributed by atoms with Crippen LogP contribution >= 0.6 is 15.9 Å². The number of nitrogens with zero attached hydrogens (tertiary/aromatic N) is 1. The van der Waals surface area contributed by atoms with Crippen LogP contribution in [0.3, 0.4) is 0 Å². The molecule has 3 N–H and O–H groups in total. The predicted molar refractivity (Wildman–Crippen MR) is 88.6 cm³/mol. The Morgan fingerprint density at radius 3 is 2.48 bits per heavy atom. The number of carbonyl (C=O) groups is 2. The van der Waals surface area contributed by atoms with Gasteiger partial charge >= 0.3 is 0 Å². The first-order chi connectivity index (χ1) is 10.9. The molecule has 0 saturated carbocycles. The van der Waals surface area contributed by atoms with Crippen molar-refractivity contribution in [2.24, 2.45) is 5.92 Å². The van der Waals surface area contributed by atoms with Crippen LogP contribution in [0.2, 0.25) is 0 Å². The van der Waals surface area contributed by atoms with E-state index in [2.05, 4.69) is 21.9 Å². The molecule has 124 valence electrons. The summed E-state index contributed by atoms with van der Waals surface area (Å²) in [4.78, 5) is 25.4. The average Bonchev–Trinajstić information content (AvgIpc) is 2.57. The first-order valence-corrected chi connectivity index (χ1v) is 7.74. The monoisotopic (exact) mass is 382 g/mol. The van der Waals surface area contributed by atoms with Gasteiger partial charge in [0.25, 0.3) is 5.91 Å². The molecular weight excluding hydrogens is 364 g/mol. The number of benzene rings is 1. The van der Waals surface area contributed by atoms with Gasteiger partial charge in [-0.15, -0.1) is 12.3 Å². The lowest BCUT2D eigenvalue weighted by Gasteiger charge is -2.29. The third kappa shape index (κ3) is 5.36. The fourth-order valence-corrected chi connectivity index (χ4v) is 2.43. The zero-order valence-corrected chi connectivity index (χ0v) is 14.3. The van der Waals surface area contributed by atoms with Crippen LogP contribution in [0.5, 0.6) is 0 Å². The summed E-state index contributed by atoms with van der Waals surface area (Å²) in [5.41, 5.74) is 2.03. The standard InChI is InChI=1S/C16H19BrN2O4/c1-3-4-12(15(21)18-23)9-14(10-20)19(2)16(22)11-5-7-13(17)8-6-11/h1,5-8,12,14,20,23H,4,9-10H2,2H3,(H,18,21)/t12-,14-/m0/s1. The number of nitrogens with one attached hydrogen (secondary N) is 1. The summed E-state index contributed by atoms with van der Waals surface area (Å²) in [6.07, 6.45) is 5.47. The number of halogens is 1. The van der Waals surface area contributed by atoms with Gasteiger partial charge in [0.1, 0.15) is 0 Å². The van der Waals surface area contributed by atoms with E-state index >= 15 is 0 Å². The summed E-state index contributed by atoms with van der Waals surface area (Å²) >= 11 is 3.30. The van der Waals surface area contributed by atoms with Crippen LogP contribution in [0.1, 0.15) is 23.2 Å². The molecule has 0 saturated heterocycles. The lowest BCUT2D eigenvalue weighted by atomic mass is 9.95. The van der Waals surface area contributed by atoms with E-state index in [1.54, 1.807) is 36.8 Å².